The minimum Gasteiger partial charge on any atom is -0.338 e. The first kappa shape index (κ1) is 12.7. The molecule has 0 saturated heterocycles. The maximum Gasteiger partial charge on any atom is 0.147 e. The van der Waals surface area contributed by atoms with Crippen LogP contribution in [0.3, 0.4) is 0 Å². The molecule has 1 aromatic heterocycles. The summed E-state index contributed by atoms with van der Waals surface area (Å²) in [6.07, 6.45) is 0. The van der Waals surface area contributed by atoms with E-state index in [-0.39, 0.29) is 16.4 Å². The molecule has 0 unspecified atom stereocenters. The second-order valence-electron chi connectivity index (χ2n) is 3.83. The summed E-state index contributed by atoms with van der Waals surface area (Å²) in [4.78, 5) is 7.90. The van der Waals surface area contributed by atoms with Gasteiger partial charge in [0, 0.05) is 12.1 Å². The molecule has 1 N–H and O–H groups in total. The molecule has 1 heterocycles. The summed E-state index contributed by atoms with van der Waals surface area (Å²) in [5.74, 6) is -0.287. The van der Waals surface area contributed by atoms with Gasteiger partial charge in [-0.1, -0.05) is 11.6 Å². The number of nitrogens with zero attached hydrogens (tertiary/aromatic N) is 2. The van der Waals surface area contributed by atoms with Crippen LogP contribution in [0.5, 0.6) is 0 Å². The summed E-state index contributed by atoms with van der Waals surface area (Å²) < 4.78 is 27.0. The number of hydrogen-bond donors (Lipinski definition) is 1. The summed E-state index contributed by atoms with van der Waals surface area (Å²) in [7, 11) is 0. The summed E-state index contributed by atoms with van der Waals surface area (Å²) in [5, 5.41) is 2.91. The molecule has 0 aliphatic carbocycles. The van der Waals surface area contributed by atoms with Crippen molar-refractivity contribution in [2.24, 2.45) is 0 Å². The number of hydrogen-bond acceptors (Lipinski definition) is 3. The molecule has 0 aliphatic rings. The third-order valence-corrected chi connectivity index (χ3v) is 2.51. The van der Waals surface area contributed by atoms with Crippen LogP contribution in [0.2, 0.25) is 5.15 Å². The normalized spacial score (nSPS) is 10.5. The van der Waals surface area contributed by atoms with Gasteiger partial charge in [0.05, 0.1) is 5.69 Å². The van der Waals surface area contributed by atoms with Gasteiger partial charge in [-0.15, -0.1) is 0 Å². The standard InChI is InChI=1S/C12H10ClF2N3/c1-6-3-9(15)10(4-8(6)14)18-12-5-11(13)16-7(2)17-12/h3-5H,1-2H3,(H,16,17,18). The Morgan fingerprint density at radius 1 is 1.06 bits per heavy atom. The second kappa shape index (κ2) is 4.86. The Bertz CT molecular complexity index is 582. The zero-order valence-corrected chi connectivity index (χ0v) is 10.5. The second-order valence-corrected chi connectivity index (χ2v) is 4.22. The first-order chi connectivity index (χ1) is 8.45. The van der Waals surface area contributed by atoms with Crippen molar-refractivity contribution in [2.45, 2.75) is 13.8 Å². The van der Waals surface area contributed by atoms with Crippen LogP contribution in [0.4, 0.5) is 20.3 Å². The van der Waals surface area contributed by atoms with E-state index in [4.69, 9.17) is 11.6 Å². The lowest BCUT2D eigenvalue weighted by molar-refractivity contribution is 0.595. The number of aryl methyl sites for hydroxylation is 2. The molecule has 0 saturated carbocycles. The number of aromatic nitrogens is 2. The molecule has 0 spiro atoms. The maximum absolute atomic E-state index is 13.6. The Morgan fingerprint density at radius 3 is 2.44 bits per heavy atom. The molecule has 0 amide bonds. The van der Waals surface area contributed by atoms with Gasteiger partial charge in [-0.25, -0.2) is 18.7 Å². The van der Waals surface area contributed by atoms with Crippen LogP contribution in [-0.2, 0) is 0 Å². The minimum absolute atomic E-state index is 0.00673. The molecule has 0 bridgehead atoms. The Labute approximate surface area is 108 Å². The van der Waals surface area contributed by atoms with Crippen molar-refractivity contribution in [2.75, 3.05) is 5.32 Å². The zero-order valence-electron chi connectivity index (χ0n) is 9.76. The molecule has 94 valence electrons. The molecule has 1 aromatic carbocycles. The van der Waals surface area contributed by atoms with Crippen molar-refractivity contribution in [3.8, 4) is 0 Å². The van der Waals surface area contributed by atoms with Gasteiger partial charge in [-0.05, 0) is 25.5 Å². The molecule has 6 heteroatoms. The third kappa shape index (κ3) is 2.73. The summed E-state index contributed by atoms with van der Waals surface area (Å²) in [6, 6.07) is 3.63. The van der Waals surface area contributed by atoms with E-state index in [9.17, 15) is 8.78 Å². The van der Waals surface area contributed by atoms with Crippen molar-refractivity contribution in [1.29, 1.82) is 0 Å². The van der Waals surface area contributed by atoms with E-state index >= 15 is 0 Å². The molecule has 0 aliphatic heterocycles. The van der Waals surface area contributed by atoms with E-state index in [0.29, 0.717) is 11.6 Å². The van der Waals surface area contributed by atoms with Gasteiger partial charge in [-0.3, -0.25) is 0 Å². The highest BCUT2D eigenvalue weighted by Gasteiger charge is 2.09. The lowest BCUT2D eigenvalue weighted by atomic mass is 10.2. The molecule has 18 heavy (non-hydrogen) atoms. The van der Waals surface area contributed by atoms with Gasteiger partial charge in [-0.2, -0.15) is 0 Å². The summed E-state index contributed by atoms with van der Waals surface area (Å²) in [6.45, 7) is 3.15. The molecule has 2 aromatic rings. The molecular weight excluding hydrogens is 260 g/mol. The van der Waals surface area contributed by atoms with Crippen LogP contribution in [-0.4, -0.2) is 9.97 Å². The van der Waals surface area contributed by atoms with Crippen molar-refractivity contribution in [3.63, 3.8) is 0 Å². The van der Waals surface area contributed by atoms with Gasteiger partial charge in [0.15, 0.2) is 0 Å². The van der Waals surface area contributed by atoms with Crippen molar-refractivity contribution in [1.82, 2.24) is 9.97 Å². The first-order valence-electron chi connectivity index (χ1n) is 5.19. The van der Waals surface area contributed by atoms with Crippen LogP contribution >= 0.6 is 11.6 Å². The number of anilines is 2. The highest BCUT2D eigenvalue weighted by Crippen LogP contribution is 2.23. The predicted molar refractivity (Wildman–Crippen MR) is 66.2 cm³/mol. The first-order valence-corrected chi connectivity index (χ1v) is 5.57. The van der Waals surface area contributed by atoms with E-state index in [0.717, 1.165) is 12.1 Å². The average molecular weight is 270 g/mol. The average Bonchev–Trinajstić information content (AvgIpc) is 2.24. The van der Waals surface area contributed by atoms with Crippen LogP contribution in [0.15, 0.2) is 18.2 Å². The fourth-order valence-corrected chi connectivity index (χ4v) is 1.70. The molecule has 2 rings (SSSR count). The topological polar surface area (TPSA) is 37.8 Å². The van der Waals surface area contributed by atoms with Gasteiger partial charge in [0.25, 0.3) is 0 Å². The van der Waals surface area contributed by atoms with Crippen LogP contribution < -0.4 is 5.32 Å². The van der Waals surface area contributed by atoms with E-state index in [1.807, 2.05) is 0 Å². The third-order valence-electron chi connectivity index (χ3n) is 2.32. The van der Waals surface area contributed by atoms with Crippen molar-refractivity contribution < 1.29 is 8.78 Å². The van der Waals surface area contributed by atoms with E-state index < -0.39 is 11.6 Å². The largest absolute Gasteiger partial charge is 0.338 e. The lowest BCUT2D eigenvalue weighted by Gasteiger charge is -2.09. The highest BCUT2D eigenvalue weighted by molar-refractivity contribution is 6.29. The van der Waals surface area contributed by atoms with Crippen molar-refractivity contribution in [3.05, 3.63) is 46.4 Å². The van der Waals surface area contributed by atoms with Crippen LogP contribution in [0.1, 0.15) is 11.4 Å². The van der Waals surface area contributed by atoms with E-state index in [2.05, 4.69) is 15.3 Å². The Hall–Kier alpha value is -1.75. The Morgan fingerprint density at radius 2 is 1.78 bits per heavy atom. The van der Waals surface area contributed by atoms with Crippen LogP contribution in [0, 0.1) is 25.5 Å². The van der Waals surface area contributed by atoms with Gasteiger partial charge in [0.1, 0.15) is 28.4 Å². The minimum atomic E-state index is -0.554. The van der Waals surface area contributed by atoms with Gasteiger partial charge >= 0.3 is 0 Å². The predicted octanol–water partition coefficient (Wildman–Crippen LogP) is 3.77. The quantitative estimate of drug-likeness (QED) is 0.844. The lowest BCUT2D eigenvalue weighted by Crippen LogP contribution is -2.00. The molecule has 0 radical (unpaired) electrons. The van der Waals surface area contributed by atoms with Crippen molar-refractivity contribution >= 4 is 23.1 Å². The summed E-state index contributed by atoms with van der Waals surface area (Å²) >= 11 is 5.75. The van der Waals surface area contributed by atoms with Gasteiger partial charge in [0.2, 0.25) is 0 Å². The van der Waals surface area contributed by atoms with Gasteiger partial charge < -0.3 is 5.32 Å². The number of rotatable bonds is 2. The van der Waals surface area contributed by atoms with E-state index in [1.165, 1.54) is 13.0 Å². The Kier molecular flexibility index (Phi) is 3.43. The fourth-order valence-electron chi connectivity index (χ4n) is 1.48. The summed E-state index contributed by atoms with van der Waals surface area (Å²) in [5.41, 5.74) is 0.252. The highest BCUT2D eigenvalue weighted by atomic mass is 35.5. The Balaban J connectivity index is 2.36. The SMILES string of the molecule is Cc1nc(Cl)cc(Nc2cc(F)c(C)cc2F)n1. The molecular formula is C12H10ClF2N3. The maximum atomic E-state index is 13.6. The number of nitrogens with one attached hydrogen (secondary N) is 1. The number of benzene rings is 1. The molecule has 0 fully saturated rings. The fraction of sp³-hybridized carbons (Fsp3) is 0.167. The molecule has 3 nitrogen and oxygen atoms in total. The molecule has 0 atom stereocenters. The van der Waals surface area contributed by atoms with Crippen LogP contribution in [0.25, 0.3) is 0 Å². The van der Waals surface area contributed by atoms with E-state index in [1.54, 1.807) is 6.92 Å². The monoisotopic (exact) mass is 269 g/mol. The number of halogens is 3. The zero-order chi connectivity index (χ0) is 13.3. The smallest absolute Gasteiger partial charge is 0.147 e.